The fourth-order valence-electron chi connectivity index (χ4n) is 1.79. The van der Waals surface area contributed by atoms with Crippen molar-refractivity contribution >= 4 is 19.4 Å². The van der Waals surface area contributed by atoms with Gasteiger partial charge in [-0.1, -0.05) is 24.3 Å². The van der Waals surface area contributed by atoms with Crippen LogP contribution in [0.2, 0.25) is 0 Å². The van der Waals surface area contributed by atoms with E-state index in [2.05, 4.69) is 10.6 Å². The SMILES string of the molecule is CN[C@@H]([B]OCc1ccc(COC[C@H](NC)C(=O)O)cc1)C(=O)O. The van der Waals surface area contributed by atoms with E-state index < -0.39 is 23.9 Å². The minimum Gasteiger partial charge on any atom is -0.481 e. The molecular formula is C15H22BN2O6. The van der Waals surface area contributed by atoms with Crippen molar-refractivity contribution in [2.24, 2.45) is 0 Å². The quantitative estimate of drug-likeness (QED) is 0.382. The number of likely N-dealkylation sites (N-methyl/N-ethyl adjacent to an activating group) is 2. The van der Waals surface area contributed by atoms with Crippen molar-refractivity contribution in [3.05, 3.63) is 35.4 Å². The Morgan fingerprint density at radius 3 is 2.08 bits per heavy atom. The van der Waals surface area contributed by atoms with Crippen LogP contribution in [0.25, 0.3) is 0 Å². The first-order valence-electron chi connectivity index (χ1n) is 7.38. The Kier molecular flexibility index (Phi) is 9.02. The highest BCUT2D eigenvalue weighted by Crippen LogP contribution is 2.07. The molecule has 0 unspecified atom stereocenters. The van der Waals surface area contributed by atoms with E-state index in [1.54, 1.807) is 7.05 Å². The van der Waals surface area contributed by atoms with Gasteiger partial charge in [0.25, 0.3) is 0 Å². The fraction of sp³-hybridized carbons (Fsp3) is 0.467. The fourth-order valence-corrected chi connectivity index (χ4v) is 1.79. The lowest BCUT2D eigenvalue weighted by Gasteiger charge is -2.12. The van der Waals surface area contributed by atoms with E-state index in [4.69, 9.17) is 19.6 Å². The number of benzene rings is 1. The molecule has 2 atom stereocenters. The Bertz CT molecular complexity index is 478. The zero-order valence-electron chi connectivity index (χ0n) is 13.7. The number of nitrogens with one attached hydrogen (secondary N) is 2. The molecule has 0 saturated carbocycles. The van der Waals surface area contributed by atoms with Crippen LogP contribution in [-0.2, 0) is 32.2 Å². The summed E-state index contributed by atoms with van der Waals surface area (Å²) in [5.41, 5.74) is 1.79. The van der Waals surface area contributed by atoms with Crippen molar-refractivity contribution in [3.8, 4) is 0 Å². The predicted octanol–water partition coefficient (Wildman–Crippen LogP) is -0.358. The van der Waals surface area contributed by atoms with Crippen molar-refractivity contribution in [3.63, 3.8) is 0 Å². The van der Waals surface area contributed by atoms with Crippen LogP contribution < -0.4 is 10.6 Å². The lowest BCUT2D eigenvalue weighted by Crippen LogP contribution is -2.40. The second-order valence-electron chi connectivity index (χ2n) is 5.06. The van der Waals surface area contributed by atoms with Crippen LogP contribution in [0.1, 0.15) is 11.1 Å². The third-order valence-corrected chi connectivity index (χ3v) is 3.28. The summed E-state index contributed by atoms with van der Waals surface area (Å²) in [6.45, 7) is 0.638. The summed E-state index contributed by atoms with van der Waals surface area (Å²) < 4.78 is 10.6. The molecule has 0 aliphatic rings. The number of carboxylic acid groups (broad SMARTS) is 2. The molecule has 1 aromatic rings. The summed E-state index contributed by atoms with van der Waals surface area (Å²) in [4.78, 5) is 21.6. The third-order valence-electron chi connectivity index (χ3n) is 3.28. The van der Waals surface area contributed by atoms with E-state index >= 15 is 0 Å². The molecule has 0 saturated heterocycles. The molecule has 0 spiro atoms. The zero-order chi connectivity index (χ0) is 17.9. The number of hydrogen-bond donors (Lipinski definition) is 4. The standard InChI is InChI=1S/C15H22BN2O6/c1-17-12(14(19)20)9-23-7-10-3-5-11(6-4-10)8-24-16-13(18-2)15(21)22/h3-6,12-13,17-18H,7-9H2,1-2H3,(H,19,20)(H,21,22)/t12-,13+/m0/s1. The van der Waals surface area contributed by atoms with E-state index in [0.717, 1.165) is 11.1 Å². The molecule has 1 radical (unpaired) electrons. The molecule has 0 fully saturated rings. The molecule has 0 aliphatic carbocycles. The number of rotatable bonds is 12. The van der Waals surface area contributed by atoms with E-state index in [9.17, 15) is 9.59 Å². The van der Waals surface area contributed by atoms with Crippen molar-refractivity contribution in [1.82, 2.24) is 10.6 Å². The van der Waals surface area contributed by atoms with Crippen LogP contribution in [0.5, 0.6) is 0 Å². The minimum atomic E-state index is -1.01. The van der Waals surface area contributed by atoms with Gasteiger partial charge < -0.3 is 30.2 Å². The summed E-state index contributed by atoms with van der Waals surface area (Å²) in [5.74, 6) is -2.82. The van der Waals surface area contributed by atoms with Gasteiger partial charge in [0.1, 0.15) is 12.0 Å². The molecule has 0 bridgehead atoms. The first-order chi connectivity index (χ1) is 11.5. The molecular weight excluding hydrogens is 315 g/mol. The summed E-state index contributed by atoms with van der Waals surface area (Å²) >= 11 is 0. The van der Waals surface area contributed by atoms with Crippen LogP contribution in [0.3, 0.4) is 0 Å². The molecule has 0 aliphatic heterocycles. The second-order valence-corrected chi connectivity index (χ2v) is 5.06. The van der Waals surface area contributed by atoms with Gasteiger partial charge in [0.05, 0.1) is 19.8 Å². The molecule has 24 heavy (non-hydrogen) atoms. The van der Waals surface area contributed by atoms with Gasteiger partial charge in [0.2, 0.25) is 0 Å². The molecule has 131 valence electrons. The Morgan fingerprint density at radius 2 is 1.62 bits per heavy atom. The molecule has 1 aromatic carbocycles. The van der Waals surface area contributed by atoms with Crippen molar-refractivity contribution < 1.29 is 29.2 Å². The summed E-state index contributed by atoms with van der Waals surface area (Å²) in [5, 5.41) is 23.0. The zero-order valence-corrected chi connectivity index (χ0v) is 13.7. The van der Waals surface area contributed by atoms with Crippen molar-refractivity contribution in [2.45, 2.75) is 25.2 Å². The van der Waals surface area contributed by atoms with Gasteiger partial charge in [-0.05, 0) is 25.2 Å². The highest BCUT2D eigenvalue weighted by Gasteiger charge is 2.17. The summed E-state index contributed by atoms with van der Waals surface area (Å²) in [6.07, 6.45) is 0. The molecule has 4 N–H and O–H groups in total. The first kappa shape index (κ1) is 20.1. The monoisotopic (exact) mass is 337 g/mol. The predicted molar refractivity (Wildman–Crippen MR) is 87.6 cm³/mol. The van der Waals surface area contributed by atoms with Gasteiger partial charge in [-0.2, -0.15) is 0 Å². The highest BCUT2D eigenvalue weighted by atomic mass is 16.5. The Labute approximate surface area is 141 Å². The Balaban J connectivity index is 2.35. The summed E-state index contributed by atoms with van der Waals surface area (Å²) in [6, 6.07) is 6.65. The van der Waals surface area contributed by atoms with E-state index in [-0.39, 0.29) is 13.2 Å². The smallest absolute Gasteiger partial charge is 0.323 e. The maximum atomic E-state index is 10.8. The van der Waals surface area contributed by atoms with Crippen LogP contribution >= 0.6 is 0 Å². The summed E-state index contributed by atoms with van der Waals surface area (Å²) in [7, 11) is 4.34. The average Bonchev–Trinajstić information content (AvgIpc) is 2.56. The Morgan fingerprint density at radius 1 is 1.04 bits per heavy atom. The number of carboxylic acids is 2. The lowest BCUT2D eigenvalue weighted by molar-refractivity contribution is -0.141. The topological polar surface area (TPSA) is 117 Å². The maximum Gasteiger partial charge on any atom is 0.323 e. The number of hydrogen-bond acceptors (Lipinski definition) is 6. The van der Waals surface area contributed by atoms with Gasteiger partial charge in [0, 0.05) is 0 Å². The van der Waals surface area contributed by atoms with E-state index in [1.165, 1.54) is 14.5 Å². The molecule has 0 aromatic heterocycles. The highest BCUT2D eigenvalue weighted by molar-refractivity contribution is 6.36. The van der Waals surface area contributed by atoms with E-state index in [1.807, 2.05) is 24.3 Å². The molecule has 8 nitrogen and oxygen atoms in total. The van der Waals surface area contributed by atoms with Gasteiger partial charge >= 0.3 is 19.4 Å². The normalized spacial score (nSPS) is 13.2. The maximum absolute atomic E-state index is 10.8. The van der Waals surface area contributed by atoms with Crippen LogP contribution in [0, 0.1) is 0 Å². The van der Waals surface area contributed by atoms with Gasteiger partial charge in [-0.3, -0.25) is 9.59 Å². The van der Waals surface area contributed by atoms with Crippen LogP contribution in [-0.4, -0.2) is 62.3 Å². The molecule has 0 amide bonds. The van der Waals surface area contributed by atoms with E-state index in [0.29, 0.717) is 6.61 Å². The first-order valence-corrected chi connectivity index (χ1v) is 7.38. The number of carbonyl (C=O) groups is 2. The number of ether oxygens (including phenoxy) is 1. The van der Waals surface area contributed by atoms with Crippen LogP contribution in [0.15, 0.2) is 24.3 Å². The molecule has 1 rings (SSSR count). The average molecular weight is 337 g/mol. The second kappa shape index (κ2) is 10.8. The third kappa shape index (κ3) is 7.09. The minimum absolute atomic E-state index is 0.0756. The largest absolute Gasteiger partial charge is 0.481 e. The number of aliphatic carboxylic acids is 2. The van der Waals surface area contributed by atoms with Crippen molar-refractivity contribution in [1.29, 1.82) is 0 Å². The Hall–Kier alpha value is -1.94. The van der Waals surface area contributed by atoms with Gasteiger partial charge in [-0.25, -0.2) is 0 Å². The van der Waals surface area contributed by atoms with Crippen molar-refractivity contribution in [2.75, 3.05) is 20.7 Å². The lowest BCUT2D eigenvalue weighted by atomic mass is 9.88. The van der Waals surface area contributed by atoms with Gasteiger partial charge in [-0.15, -0.1) is 0 Å². The molecule has 0 heterocycles. The van der Waals surface area contributed by atoms with Crippen LogP contribution in [0.4, 0.5) is 0 Å². The molecule has 9 heteroatoms. The van der Waals surface area contributed by atoms with Gasteiger partial charge in [0.15, 0.2) is 0 Å².